The Morgan fingerprint density at radius 1 is 0.810 bits per heavy atom. The molecule has 0 spiro atoms. The second kappa shape index (κ2) is 7.53. The van der Waals surface area contributed by atoms with E-state index in [1.807, 2.05) is 60.7 Å². The lowest BCUT2D eigenvalue weighted by atomic mass is 9.86. The molecule has 0 saturated carbocycles. The number of carbonyl (C=O) groups is 2. The molecule has 2 heteroatoms. The Labute approximate surface area is 125 Å². The molecule has 0 atom stereocenters. The van der Waals surface area contributed by atoms with Gasteiger partial charge < -0.3 is 0 Å². The first kappa shape index (κ1) is 15.2. The van der Waals surface area contributed by atoms with Gasteiger partial charge in [0.15, 0.2) is 0 Å². The summed E-state index contributed by atoms with van der Waals surface area (Å²) in [6.07, 6.45) is 0.847. The summed E-state index contributed by atoms with van der Waals surface area (Å²) in [5.74, 6) is 0.0454. The zero-order valence-corrected chi connectivity index (χ0v) is 12.3. The molecule has 0 aromatic heterocycles. The first-order valence-corrected chi connectivity index (χ1v) is 7.34. The van der Waals surface area contributed by atoms with Crippen molar-refractivity contribution in [2.45, 2.75) is 32.1 Å². The number of benzene rings is 2. The van der Waals surface area contributed by atoms with E-state index in [4.69, 9.17) is 0 Å². The predicted octanol–water partition coefficient (Wildman–Crippen LogP) is 4.15. The van der Waals surface area contributed by atoms with Gasteiger partial charge in [-0.2, -0.15) is 0 Å². The third-order valence-electron chi connectivity index (χ3n) is 3.62. The minimum atomic E-state index is 0.0135. The van der Waals surface area contributed by atoms with Crippen LogP contribution in [-0.4, -0.2) is 11.6 Å². The number of hydrogen-bond acceptors (Lipinski definition) is 2. The van der Waals surface area contributed by atoms with E-state index in [0.717, 1.165) is 11.1 Å². The maximum Gasteiger partial charge on any atom is 0.141 e. The Bertz CT molecular complexity index is 548. The monoisotopic (exact) mass is 280 g/mol. The van der Waals surface area contributed by atoms with Crippen molar-refractivity contribution >= 4 is 11.6 Å². The Hall–Kier alpha value is -2.22. The molecule has 2 rings (SSSR count). The first-order valence-electron chi connectivity index (χ1n) is 7.34. The SMILES string of the molecule is CCC(=O)CC(=O)CC(c1ccccc1)c1ccccc1. The molecule has 0 radical (unpaired) electrons. The standard InChI is InChI=1S/C19H20O2/c1-2-17(20)13-18(21)14-19(15-9-5-3-6-10-15)16-11-7-4-8-12-16/h3-12,19H,2,13-14H2,1H3. The van der Waals surface area contributed by atoms with Crippen molar-refractivity contribution in [1.29, 1.82) is 0 Å². The minimum absolute atomic E-state index is 0.0135. The maximum absolute atomic E-state index is 12.1. The molecule has 0 heterocycles. The van der Waals surface area contributed by atoms with E-state index in [1.54, 1.807) is 6.92 Å². The molecule has 2 aromatic carbocycles. The molecule has 0 aliphatic rings. The van der Waals surface area contributed by atoms with Crippen LogP contribution in [-0.2, 0) is 9.59 Å². The molecular weight excluding hydrogens is 260 g/mol. The van der Waals surface area contributed by atoms with Crippen molar-refractivity contribution in [3.05, 3.63) is 71.8 Å². The van der Waals surface area contributed by atoms with Gasteiger partial charge in [0, 0.05) is 18.8 Å². The summed E-state index contributed by atoms with van der Waals surface area (Å²) < 4.78 is 0. The van der Waals surface area contributed by atoms with Crippen LogP contribution in [0.1, 0.15) is 43.2 Å². The van der Waals surface area contributed by atoms with Crippen LogP contribution >= 0.6 is 0 Å². The highest BCUT2D eigenvalue weighted by molar-refractivity contribution is 5.99. The third-order valence-corrected chi connectivity index (χ3v) is 3.62. The number of rotatable bonds is 7. The number of ketones is 2. The average Bonchev–Trinajstić information content (AvgIpc) is 2.54. The molecule has 0 amide bonds. The first-order chi connectivity index (χ1) is 10.2. The Morgan fingerprint density at radius 3 is 1.71 bits per heavy atom. The van der Waals surface area contributed by atoms with Crippen LogP contribution in [0.25, 0.3) is 0 Å². The van der Waals surface area contributed by atoms with Crippen LogP contribution in [0.5, 0.6) is 0 Å². The van der Waals surface area contributed by atoms with Crippen molar-refractivity contribution in [3.63, 3.8) is 0 Å². The maximum atomic E-state index is 12.1. The fraction of sp³-hybridized carbons (Fsp3) is 0.263. The molecule has 108 valence electrons. The molecular formula is C19H20O2. The molecule has 0 aliphatic heterocycles. The van der Waals surface area contributed by atoms with Gasteiger partial charge in [-0.3, -0.25) is 9.59 Å². The van der Waals surface area contributed by atoms with Gasteiger partial charge in [-0.15, -0.1) is 0 Å². The lowest BCUT2D eigenvalue weighted by Crippen LogP contribution is -2.12. The molecule has 0 N–H and O–H groups in total. The lowest BCUT2D eigenvalue weighted by molar-refractivity contribution is -0.126. The summed E-state index contributed by atoms with van der Waals surface area (Å²) in [7, 11) is 0. The van der Waals surface area contributed by atoms with Gasteiger partial charge in [-0.25, -0.2) is 0 Å². The second-order valence-corrected chi connectivity index (χ2v) is 5.19. The largest absolute Gasteiger partial charge is 0.299 e. The smallest absolute Gasteiger partial charge is 0.141 e. The van der Waals surface area contributed by atoms with Gasteiger partial charge in [-0.1, -0.05) is 67.6 Å². The van der Waals surface area contributed by atoms with Crippen molar-refractivity contribution in [2.24, 2.45) is 0 Å². The molecule has 0 unspecified atom stereocenters. The van der Waals surface area contributed by atoms with Gasteiger partial charge >= 0.3 is 0 Å². The fourth-order valence-electron chi connectivity index (χ4n) is 2.44. The van der Waals surface area contributed by atoms with Gasteiger partial charge in [0.1, 0.15) is 11.6 Å². The molecule has 0 saturated heterocycles. The summed E-state index contributed by atoms with van der Waals surface area (Å²) in [6, 6.07) is 20.0. The molecule has 2 nitrogen and oxygen atoms in total. The van der Waals surface area contributed by atoms with Gasteiger partial charge in [-0.05, 0) is 11.1 Å². The highest BCUT2D eigenvalue weighted by atomic mass is 16.1. The third kappa shape index (κ3) is 4.38. The topological polar surface area (TPSA) is 34.1 Å². The zero-order chi connectivity index (χ0) is 15.1. The Morgan fingerprint density at radius 2 is 1.29 bits per heavy atom. The molecule has 0 fully saturated rings. The summed E-state index contributed by atoms with van der Waals surface area (Å²) in [5.41, 5.74) is 2.22. The van der Waals surface area contributed by atoms with Crippen molar-refractivity contribution in [1.82, 2.24) is 0 Å². The van der Waals surface area contributed by atoms with E-state index in [9.17, 15) is 9.59 Å². The van der Waals surface area contributed by atoms with Gasteiger partial charge in [0.2, 0.25) is 0 Å². The average molecular weight is 280 g/mol. The van der Waals surface area contributed by atoms with E-state index >= 15 is 0 Å². The minimum Gasteiger partial charge on any atom is -0.299 e. The van der Waals surface area contributed by atoms with Crippen LogP contribution in [0.4, 0.5) is 0 Å². The van der Waals surface area contributed by atoms with Crippen LogP contribution < -0.4 is 0 Å². The quantitative estimate of drug-likeness (QED) is 0.714. The van der Waals surface area contributed by atoms with Crippen LogP contribution in [0, 0.1) is 0 Å². The summed E-state index contributed by atoms with van der Waals surface area (Å²) in [4.78, 5) is 23.6. The van der Waals surface area contributed by atoms with Crippen molar-refractivity contribution in [3.8, 4) is 0 Å². The number of Topliss-reactive ketones (excluding diaryl/α,β-unsaturated/α-hetero) is 2. The molecule has 0 bridgehead atoms. The predicted molar refractivity (Wildman–Crippen MR) is 84.3 cm³/mol. The van der Waals surface area contributed by atoms with Crippen molar-refractivity contribution < 1.29 is 9.59 Å². The van der Waals surface area contributed by atoms with Gasteiger partial charge in [0.05, 0.1) is 6.42 Å². The normalized spacial score (nSPS) is 10.6. The Balaban J connectivity index is 2.21. The highest BCUT2D eigenvalue weighted by Gasteiger charge is 2.19. The van der Waals surface area contributed by atoms with E-state index < -0.39 is 0 Å². The van der Waals surface area contributed by atoms with E-state index in [-0.39, 0.29) is 23.9 Å². The van der Waals surface area contributed by atoms with E-state index in [0.29, 0.717) is 12.8 Å². The lowest BCUT2D eigenvalue weighted by Gasteiger charge is -2.17. The Kier molecular flexibility index (Phi) is 5.44. The van der Waals surface area contributed by atoms with E-state index in [2.05, 4.69) is 0 Å². The molecule has 0 aliphatic carbocycles. The summed E-state index contributed by atoms with van der Waals surface area (Å²) in [5, 5.41) is 0. The van der Waals surface area contributed by atoms with Crippen LogP contribution in [0.15, 0.2) is 60.7 Å². The van der Waals surface area contributed by atoms with Crippen molar-refractivity contribution in [2.75, 3.05) is 0 Å². The van der Waals surface area contributed by atoms with Crippen LogP contribution in [0.3, 0.4) is 0 Å². The number of hydrogen-bond donors (Lipinski definition) is 0. The molecule has 2 aromatic rings. The summed E-state index contributed by atoms with van der Waals surface area (Å²) in [6.45, 7) is 1.79. The summed E-state index contributed by atoms with van der Waals surface area (Å²) >= 11 is 0. The highest BCUT2D eigenvalue weighted by Crippen LogP contribution is 2.28. The molecule has 21 heavy (non-hydrogen) atoms. The zero-order valence-electron chi connectivity index (χ0n) is 12.3. The van der Waals surface area contributed by atoms with Crippen LogP contribution in [0.2, 0.25) is 0 Å². The number of carbonyl (C=O) groups excluding carboxylic acids is 2. The van der Waals surface area contributed by atoms with Gasteiger partial charge in [0.25, 0.3) is 0 Å². The second-order valence-electron chi connectivity index (χ2n) is 5.19. The van der Waals surface area contributed by atoms with E-state index in [1.165, 1.54) is 0 Å². The fourth-order valence-corrected chi connectivity index (χ4v) is 2.44.